The first kappa shape index (κ1) is 10.9. The molecule has 1 heteroatoms. The highest BCUT2D eigenvalue weighted by Gasteiger charge is 2.44. The highest BCUT2D eigenvalue weighted by molar-refractivity contribution is 5.85. The summed E-state index contributed by atoms with van der Waals surface area (Å²) in [4.78, 5) is 11.8. The van der Waals surface area contributed by atoms with Crippen LogP contribution in [0, 0.1) is 23.2 Å². The molecule has 0 heterocycles. The fourth-order valence-corrected chi connectivity index (χ4v) is 3.69. The van der Waals surface area contributed by atoms with Crippen molar-refractivity contribution in [2.75, 3.05) is 0 Å². The van der Waals surface area contributed by atoms with Crippen LogP contribution in [0.5, 0.6) is 0 Å². The van der Waals surface area contributed by atoms with Crippen LogP contribution in [0.3, 0.4) is 0 Å². The molecule has 1 fully saturated rings. The van der Waals surface area contributed by atoms with Gasteiger partial charge in [-0.05, 0) is 30.1 Å². The molecule has 0 aromatic heterocycles. The molecule has 2 rings (SSSR count). The number of Topliss-reactive ketones (excluding diaryl/α,β-unsaturated/α-hetero) is 1. The molecule has 2 aliphatic rings. The maximum absolute atomic E-state index is 11.8. The van der Waals surface area contributed by atoms with Gasteiger partial charge in [0.1, 0.15) is 5.78 Å². The average Bonchev–Trinajstić information content (AvgIpc) is 2.12. The number of hydrogen-bond acceptors (Lipinski definition) is 1. The molecule has 3 atom stereocenters. The molecular formula is C14H22O. The molecule has 1 nitrogen and oxygen atoms in total. The summed E-state index contributed by atoms with van der Waals surface area (Å²) in [5, 5.41) is 0. The molecule has 84 valence electrons. The summed E-state index contributed by atoms with van der Waals surface area (Å²) in [6.07, 6.45) is 5.55. The van der Waals surface area contributed by atoms with Crippen molar-refractivity contribution in [2.45, 2.75) is 47.0 Å². The zero-order chi connectivity index (χ0) is 11.2. The van der Waals surface area contributed by atoms with Crippen LogP contribution in [-0.2, 0) is 4.79 Å². The molecular weight excluding hydrogens is 184 g/mol. The minimum Gasteiger partial charge on any atom is -0.299 e. The van der Waals surface area contributed by atoms with Crippen molar-refractivity contribution in [3.8, 4) is 0 Å². The maximum atomic E-state index is 11.8. The van der Waals surface area contributed by atoms with Gasteiger partial charge in [0.25, 0.3) is 0 Å². The Balaban J connectivity index is 2.39. The summed E-state index contributed by atoms with van der Waals surface area (Å²) < 4.78 is 0. The van der Waals surface area contributed by atoms with E-state index >= 15 is 0 Å². The third-order valence-corrected chi connectivity index (χ3v) is 4.44. The Bertz CT molecular complexity index is 311. The van der Waals surface area contributed by atoms with Gasteiger partial charge in [0.05, 0.1) is 0 Å². The van der Waals surface area contributed by atoms with Gasteiger partial charge < -0.3 is 0 Å². The number of ketones is 1. The number of carbonyl (C=O) groups excluding carboxylic acids is 1. The smallest absolute Gasteiger partial charge is 0.140 e. The molecule has 2 aliphatic carbocycles. The average molecular weight is 206 g/mol. The van der Waals surface area contributed by atoms with E-state index in [0.29, 0.717) is 23.0 Å². The summed E-state index contributed by atoms with van der Waals surface area (Å²) in [6.45, 7) is 9.07. The summed E-state index contributed by atoms with van der Waals surface area (Å²) >= 11 is 0. The van der Waals surface area contributed by atoms with Gasteiger partial charge in [0.2, 0.25) is 0 Å². The zero-order valence-electron chi connectivity index (χ0n) is 10.3. The van der Waals surface area contributed by atoms with Crippen molar-refractivity contribution in [2.24, 2.45) is 23.2 Å². The summed E-state index contributed by atoms with van der Waals surface area (Å²) in [7, 11) is 0. The monoisotopic (exact) mass is 206 g/mol. The Morgan fingerprint density at radius 2 is 2.00 bits per heavy atom. The van der Waals surface area contributed by atoms with Crippen molar-refractivity contribution in [1.29, 1.82) is 0 Å². The number of fused-ring (bicyclic) bond motifs is 1. The van der Waals surface area contributed by atoms with Crippen LogP contribution in [0.15, 0.2) is 11.6 Å². The van der Waals surface area contributed by atoms with Gasteiger partial charge in [-0.15, -0.1) is 0 Å². The van der Waals surface area contributed by atoms with Gasteiger partial charge in [0, 0.05) is 12.3 Å². The van der Waals surface area contributed by atoms with Crippen LogP contribution in [-0.4, -0.2) is 5.78 Å². The second kappa shape index (κ2) is 3.47. The lowest BCUT2D eigenvalue weighted by molar-refractivity contribution is -0.125. The van der Waals surface area contributed by atoms with Crippen molar-refractivity contribution in [3.63, 3.8) is 0 Å². The largest absolute Gasteiger partial charge is 0.299 e. The van der Waals surface area contributed by atoms with E-state index in [0.717, 1.165) is 12.8 Å². The molecule has 3 unspecified atom stereocenters. The van der Waals surface area contributed by atoms with Gasteiger partial charge >= 0.3 is 0 Å². The highest BCUT2D eigenvalue weighted by atomic mass is 16.1. The summed E-state index contributed by atoms with van der Waals surface area (Å²) in [5.74, 6) is 1.81. The van der Waals surface area contributed by atoms with Gasteiger partial charge in [0.15, 0.2) is 0 Å². The molecule has 15 heavy (non-hydrogen) atoms. The predicted molar refractivity (Wildman–Crippen MR) is 62.5 cm³/mol. The van der Waals surface area contributed by atoms with Crippen molar-refractivity contribution >= 4 is 5.78 Å². The van der Waals surface area contributed by atoms with E-state index in [9.17, 15) is 4.79 Å². The first-order valence-electron chi connectivity index (χ1n) is 6.16. The SMILES string of the molecule is CC1C(=O)CC(C)C2C1=CCCC2(C)C. The van der Waals surface area contributed by atoms with Crippen LogP contribution in [0.4, 0.5) is 0 Å². The zero-order valence-corrected chi connectivity index (χ0v) is 10.3. The van der Waals surface area contributed by atoms with E-state index in [1.165, 1.54) is 12.0 Å². The normalized spacial score (nSPS) is 39.6. The number of carbonyl (C=O) groups is 1. The Hall–Kier alpha value is -0.590. The summed E-state index contributed by atoms with van der Waals surface area (Å²) in [6, 6.07) is 0. The minimum atomic E-state index is 0.186. The highest BCUT2D eigenvalue weighted by Crippen LogP contribution is 2.51. The van der Waals surface area contributed by atoms with E-state index in [2.05, 4.69) is 33.8 Å². The molecule has 0 aliphatic heterocycles. The lowest BCUT2D eigenvalue weighted by atomic mass is 9.57. The molecule has 0 N–H and O–H groups in total. The third kappa shape index (κ3) is 1.66. The van der Waals surface area contributed by atoms with Crippen molar-refractivity contribution in [3.05, 3.63) is 11.6 Å². The second-order valence-electron chi connectivity index (χ2n) is 6.08. The number of hydrogen-bond donors (Lipinski definition) is 0. The van der Waals surface area contributed by atoms with Crippen molar-refractivity contribution in [1.82, 2.24) is 0 Å². The number of allylic oxidation sites excluding steroid dienone is 2. The van der Waals surface area contributed by atoms with Crippen molar-refractivity contribution < 1.29 is 4.79 Å². The molecule has 0 aromatic carbocycles. The predicted octanol–water partition coefficient (Wildman–Crippen LogP) is 3.59. The van der Waals surface area contributed by atoms with Gasteiger partial charge in [-0.2, -0.15) is 0 Å². The standard InChI is InChI=1S/C14H22O/c1-9-8-12(15)10(2)11-6-5-7-14(3,4)13(9)11/h6,9-10,13H,5,7-8H2,1-4H3. The fourth-order valence-electron chi connectivity index (χ4n) is 3.69. The van der Waals surface area contributed by atoms with E-state index in [1.807, 2.05) is 0 Å². The first-order chi connectivity index (χ1) is 6.93. The maximum Gasteiger partial charge on any atom is 0.140 e. The minimum absolute atomic E-state index is 0.186. The van der Waals surface area contributed by atoms with Crippen LogP contribution in [0.25, 0.3) is 0 Å². The van der Waals surface area contributed by atoms with Crippen LogP contribution < -0.4 is 0 Å². The van der Waals surface area contributed by atoms with E-state index in [4.69, 9.17) is 0 Å². The topological polar surface area (TPSA) is 17.1 Å². The lowest BCUT2D eigenvalue weighted by Crippen LogP contribution is -2.41. The molecule has 0 aromatic rings. The third-order valence-electron chi connectivity index (χ3n) is 4.44. The second-order valence-corrected chi connectivity index (χ2v) is 6.08. The Labute approximate surface area is 92.9 Å². The quantitative estimate of drug-likeness (QED) is 0.553. The van der Waals surface area contributed by atoms with Gasteiger partial charge in [-0.1, -0.05) is 39.3 Å². The molecule has 1 saturated carbocycles. The Kier molecular flexibility index (Phi) is 2.52. The lowest BCUT2D eigenvalue weighted by Gasteiger charge is -2.47. The van der Waals surface area contributed by atoms with E-state index in [-0.39, 0.29) is 5.92 Å². The summed E-state index contributed by atoms with van der Waals surface area (Å²) in [5.41, 5.74) is 1.83. The molecule has 0 bridgehead atoms. The number of rotatable bonds is 0. The Morgan fingerprint density at radius 1 is 1.33 bits per heavy atom. The van der Waals surface area contributed by atoms with Gasteiger partial charge in [-0.25, -0.2) is 0 Å². The van der Waals surface area contributed by atoms with Crippen LogP contribution in [0.1, 0.15) is 47.0 Å². The first-order valence-corrected chi connectivity index (χ1v) is 6.16. The van der Waals surface area contributed by atoms with E-state index in [1.54, 1.807) is 0 Å². The molecule has 0 spiro atoms. The Morgan fingerprint density at radius 3 is 2.67 bits per heavy atom. The van der Waals surface area contributed by atoms with E-state index < -0.39 is 0 Å². The molecule has 0 saturated heterocycles. The fraction of sp³-hybridized carbons (Fsp3) is 0.786. The van der Waals surface area contributed by atoms with Crippen LogP contribution >= 0.6 is 0 Å². The molecule has 0 radical (unpaired) electrons. The van der Waals surface area contributed by atoms with Crippen LogP contribution in [0.2, 0.25) is 0 Å². The van der Waals surface area contributed by atoms with Gasteiger partial charge in [-0.3, -0.25) is 4.79 Å². The molecule has 0 amide bonds.